The summed E-state index contributed by atoms with van der Waals surface area (Å²) >= 11 is 0. The van der Waals surface area contributed by atoms with Crippen LogP contribution in [0.1, 0.15) is 35.2 Å². The lowest BCUT2D eigenvalue weighted by atomic mass is 10.1. The van der Waals surface area contributed by atoms with Crippen molar-refractivity contribution in [2.75, 3.05) is 6.61 Å². The molecule has 0 aliphatic rings. The van der Waals surface area contributed by atoms with Gasteiger partial charge >= 0.3 is 0 Å². The summed E-state index contributed by atoms with van der Waals surface area (Å²) in [7, 11) is 0. The maximum atomic E-state index is 14.6. The van der Waals surface area contributed by atoms with Gasteiger partial charge in [0, 0.05) is 35.7 Å². The average Bonchev–Trinajstić information content (AvgIpc) is 2.73. The van der Waals surface area contributed by atoms with Gasteiger partial charge in [0.05, 0.1) is 12.1 Å². The fraction of sp³-hybridized carbons (Fsp3) is 0.217. The number of terminal acetylenes is 1. The summed E-state index contributed by atoms with van der Waals surface area (Å²) in [5.41, 5.74) is 1.69. The molecular weight excluding hydrogens is 355 g/mol. The topological polar surface area (TPSA) is 51.2 Å². The van der Waals surface area contributed by atoms with Gasteiger partial charge in [0.1, 0.15) is 0 Å². The predicted molar refractivity (Wildman–Crippen MR) is 107 cm³/mol. The molecule has 0 atom stereocenters. The highest BCUT2D eigenvalue weighted by molar-refractivity contribution is 5.97. The molecule has 2 aromatic carbocycles. The highest BCUT2D eigenvalue weighted by atomic mass is 19.1. The van der Waals surface area contributed by atoms with Gasteiger partial charge < -0.3 is 10.1 Å². The first kappa shape index (κ1) is 19.4. The van der Waals surface area contributed by atoms with E-state index >= 15 is 0 Å². The molecule has 0 bridgehead atoms. The number of carbonyl (C=O) groups is 1. The highest BCUT2D eigenvalue weighted by Crippen LogP contribution is 2.21. The molecule has 3 aromatic rings. The van der Waals surface area contributed by atoms with Gasteiger partial charge in [0.15, 0.2) is 11.6 Å². The van der Waals surface area contributed by atoms with E-state index in [9.17, 15) is 9.18 Å². The maximum Gasteiger partial charge on any atom is 0.251 e. The second-order valence-corrected chi connectivity index (χ2v) is 6.33. The molecule has 0 aliphatic carbocycles. The van der Waals surface area contributed by atoms with Crippen LogP contribution in [0.3, 0.4) is 0 Å². The van der Waals surface area contributed by atoms with E-state index in [0.717, 1.165) is 23.7 Å². The number of carbonyl (C=O) groups excluding carboxylic acids is 1. The number of fused-ring (bicyclic) bond motifs is 1. The summed E-state index contributed by atoms with van der Waals surface area (Å²) in [5, 5.41) is 3.63. The zero-order valence-electron chi connectivity index (χ0n) is 15.5. The number of amides is 1. The first-order valence-corrected chi connectivity index (χ1v) is 9.15. The molecule has 142 valence electrons. The van der Waals surface area contributed by atoms with Crippen molar-refractivity contribution in [1.29, 1.82) is 0 Å². The number of benzene rings is 2. The van der Waals surface area contributed by atoms with E-state index in [2.05, 4.69) is 16.2 Å². The smallest absolute Gasteiger partial charge is 0.251 e. The molecule has 0 saturated heterocycles. The van der Waals surface area contributed by atoms with E-state index in [0.29, 0.717) is 24.2 Å². The van der Waals surface area contributed by atoms with E-state index in [1.807, 2.05) is 12.1 Å². The summed E-state index contributed by atoms with van der Waals surface area (Å²) in [5.74, 6) is 2.02. The molecule has 1 N–H and O–H groups in total. The van der Waals surface area contributed by atoms with Gasteiger partial charge in [0.25, 0.3) is 5.91 Å². The van der Waals surface area contributed by atoms with E-state index in [-0.39, 0.29) is 18.2 Å². The number of nitrogens with zero attached hydrogens (tertiary/aromatic N) is 1. The molecule has 0 saturated carbocycles. The number of hydrogen-bond acceptors (Lipinski definition) is 3. The Morgan fingerprint density at radius 3 is 2.93 bits per heavy atom. The third kappa shape index (κ3) is 4.86. The fourth-order valence-corrected chi connectivity index (χ4v) is 2.81. The minimum atomic E-state index is -0.456. The zero-order chi connectivity index (χ0) is 19.8. The van der Waals surface area contributed by atoms with Crippen molar-refractivity contribution in [2.45, 2.75) is 25.8 Å². The molecule has 0 fully saturated rings. The lowest BCUT2D eigenvalue weighted by molar-refractivity contribution is 0.0950. The molecule has 1 heterocycles. The molecule has 1 amide bonds. The largest absolute Gasteiger partial charge is 0.491 e. The van der Waals surface area contributed by atoms with Crippen LogP contribution in [0.4, 0.5) is 4.39 Å². The molecule has 5 heteroatoms. The van der Waals surface area contributed by atoms with Crippen molar-refractivity contribution in [3.8, 4) is 18.1 Å². The Bertz CT molecular complexity index is 1010. The Labute approximate surface area is 163 Å². The standard InChI is InChI=1S/C23H21FN2O2/c1-2-3-4-5-14-28-21-10-6-8-19(22(21)24)16-26-23(27)18-11-12-20-17(15-18)9-7-13-25-20/h1,6-13,15H,3-5,14,16H2,(H,26,27). The minimum absolute atomic E-state index is 0.0734. The first-order valence-electron chi connectivity index (χ1n) is 9.15. The van der Waals surface area contributed by atoms with Crippen molar-refractivity contribution in [3.05, 3.63) is 71.7 Å². The van der Waals surface area contributed by atoms with Crippen molar-refractivity contribution in [1.82, 2.24) is 10.3 Å². The number of hydrogen-bond donors (Lipinski definition) is 1. The number of aromatic nitrogens is 1. The number of rotatable bonds is 8. The monoisotopic (exact) mass is 376 g/mol. The number of pyridine rings is 1. The second-order valence-electron chi connectivity index (χ2n) is 6.33. The first-order chi connectivity index (χ1) is 13.7. The fourth-order valence-electron chi connectivity index (χ4n) is 2.81. The lowest BCUT2D eigenvalue weighted by Crippen LogP contribution is -2.23. The van der Waals surface area contributed by atoms with E-state index < -0.39 is 5.82 Å². The molecule has 3 rings (SSSR count). The molecule has 0 aliphatic heterocycles. The van der Waals surface area contributed by atoms with Crippen LogP contribution < -0.4 is 10.1 Å². The molecule has 0 spiro atoms. The Balaban J connectivity index is 1.61. The van der Waals surface area contributed by atoms with E-state index in [1.54, 1.807) is 42.6 Å². The Morgan fingerprint density at radius 2 is 2.07 bits per heavy atom. The van der Waals surface area contributed by atoms with Gasteiger partial charge in [-0.2, -0.15) is 0 Å². The number of halogens is 1. The van der Waals surface area contributed by atoms with Gasteiger partial charge in [0.2, 0.25) is 0 Å². The van der Waals surface area contributed by atoms with E-state index in [4.69, 9.17) is 11.2 Å². The van der Waals surface area contributed by atoms with Gasteiger partial charge in [-0.15, -0.1) is 12.3 Å². The van der Waals surface area contributed by atoms with Gasteiger partial charge in [-0.1, -0.05) is 18.2 Å². The summed E-state index contributed by atoms with van der Waals surface area (Å²) in [6.45, 7) is 0.476. The summed E-state index contributed by atoms with van der Waals surface area (Å²) in [6, 6.07) is 13.9. The summed E-state index contributed by atoms with van der Waals surface area (Å²) < 4.78 is 20.1. The minimum Gasteiger partial charge on any atom is -0.491 e. The predicted octanol–water partition coefficient (Wildman–Crippen LogP) is 4.49. The van der Waals surface area contributed by atoms with Crippen LogP contribution in [0.25, 0.3) is 10.9 Å². The Hall–Kier alpha value is -3.39. The number of unbranched alkanes of at least 4 members (excludes halogenated alkanes) is 2. The average molecular weight is 376 g/mol. The van der Waals surface area contributed by atoms with Crippen molar-refractivity contribution < 1.29 is 13.9 Å². The van der Waals surface area contributed by atoms with Crippen LogP contribution in [0.2, 0.25) is 0 Å². The van der Waals surface area contributed by atoms with Crippen molar-refractivity contribution in [2.24, 2.45) is 0 Å². The van der Waals surface area contributed by atoms with E-state index in [1.165, 1.54) is 0 Å². The van der Waals surface area contributed by atoms with Gasteiger partial charge in [-0.25, -0.2) is 4.39 Å². The van der Waals surface area contributed by atoms with Crippen LogP contribution >= 0.6 is 0 Å². The van der Waals surface area contributed by atoms with Gasteiger partial charge in [-0.3, -0.25) is 9.78 Å². The Kier molecular flexibility index (Phi) is 6.59. The summed E-state index contributed by atoms with van der Waals surface area (Å²) in [4.78, 5) is 16.7. The number of nitrogens with one attached hydrogen (secondary N) is 1. The molecule has 28 heavy (non-hydrogen) atoms. The third-order valence-electron chi connectivity index (χ3n) is 4.32. The second kappa shape index (κ2) is 9.52. The molecular formula is C23H21FN2O2. The lowest BCUT2D eigenvalue weighted by Gasteiger charge is -2.11. The van der Waals surface area contributed by atoms with Crippen LogP contribution in [-0.2, 0) is 6.54 Å². The van der Waals surface area contributed by atoms with Crippen LogP contribution in [-0.4, -0.2) is 17.5 Å². The van der Waals surface area contributed by atoms with Crippen LogP contribution in [0, 0.1) is 18.2 Å². The van der Waals surface area contributed by atoms with Crippen molar-refractivity contribution in [3.63, 3.8) is 0 Å². The molecule has 0 radical (unpaired) electrons. The van der Waals surface area contributed by atoms with Crippen molar-refractivity contribution >= 4 is 16.8 Å². The molecule has 4 nitrogen and oxygen atoms in total. The number of ether oxygens (including phenoxy) is 1. The quantitative estimate of drug-likeness (QED) is 0.466. The maximum absolute atomic E-state index is 14.6. The normalized spacial score (nSPS) is 10.4. The van der Waals surface area contributed by atoms with Crippen LogP contribution in [0.15, 0.2) is 54.7 Å². The molecule has 0 unspecified atom stereocenters. The zero-order valence-corrected chi connectivity index (χ0v) is 15.5. The van der Waals surface area contributed by atoms with Gasteiger partial charge in [-0.05, 0) is 43.2 Å². The molecule has 1 aromatic heterocycles. The summed E-state index contributed by atoms with van der Waals surface area (Å²) in [6.07, 6.45) is 9.20. The third-order valence-corrected chi connectivity index (χ3v) is 4.32. The van der Waals surface area contributed by atoms with Crippen LogP contribution in [0.5, 0.6) is 5.75 Å². The highest BCUT2D eigenvalue weighted by Gasteiger charge is 2.12. The Morgan fingerprint density at radius 1 is 1.18 bits per heavy atom. The SMILES string of the molecule is C#CCCCCOc1cccc(CNC(=O)c2ccc3ncccc3c2)c1F.